The highest BCUT2D eigenvalue weighted by atomic mass is 32.1. The van der Waals surface area contributed by atoms with E-state index in [-0.39, 0.29) is 12.5 Å². The first-order valence-electron chi connectivity index (χ1n) is 6.73. The van der Waals surface area contributed by atoms with Gasteiger partial charge in [0.15, 0.2) is 5.13 Å². The number of anilines is 1. The Morgan fingerprint density at radius 1 is 1.55 bits per heavy atom. The number of carboxylic acid groups (broad SMARTS) is 1. The summed E-state index contributed by atoms with van der Waals surface area (Å²) in [5.41, 5.74) is 0.674. The molecule has 1 atom stereocenters. The molecule has 1 amide bonds. The summed E-state index contributed by atoms with van der Waals surface area (Å²) in [6.45, 7) is 2.77. The Labute approximate surface area is 121 Å². The number of carbonyl (C=O) groups excluding carboxylic acids is 1. The molecule has 0 saturated carbocycles. The number of aliphatic carboxylic acids is 1. The van der Waals surface area contributed by atoms with Crippen LogP contribution in [0.3, 0.4) is 0 Å². The number of aryl methyl sites for hydroxylation is 1. The lowest BCUT2D eigenvalue weighted by molar-refractivity contribution is -0.139. The number of amides is 1. The first-order chi connectivity index (χ1) is 9.52. The minimum atomic E-state index is -0.815. The summed E-state index contributed by atoms with van der Waals surface area (Å²) in [5, 5.41) is 12.8. The molecule has 1 aromatic heterocycles. The Kier molecular flexibility index (Phi) is 4.59. The maximum absolute atomic E-state index is 11.7. The molecule has 0 spiro atoms. The summed E-state index contributed by atoms with van der Waals surface area (Å²) in [5.74, 6) is -1.32. The molecule has 0 fully saturated rings. The van der Waals surface area contributed by atoms with Crippen molar-refractivity contribution in [2.75, 3.05) is 25.5 Å². The van der Waals surface area contributed by atoms with Crippen LogP contribution in [0.25, 0.3) is 0 Å². The highest BCUT2D eigenvalue weighted by Crippen LogP contribution is 2.36. The van der Waals surface area contributed by atoms with Gasteiger partial charge in [0.2, 0.25) is 5.91 Å². The van der Waals surface area contributed by atoms with Crippen LogP contribution in [-0.2, 0) is 16.0 Å². The predicted octanol–water partition coefficient (Wildman–Crippen LogP) is 1.54. The molecule has 110 valence electrons. The zero-order valence-corrected chi connectivity index (χ0v) is 12.5. The molecule has 0 saturated heterocycles. The topological polar surface area (TPSA) is 82.5 Å². The second kappa shape index (κ2) is 6.21. The first-order valence-corrected chi connectivity index (χ1v) is 7.54. The van der Waals surface area contributed by atoms with E-state index >= 15 is 0 Å². The summed E-state index contributed by atoms with van der Waals surface area (Å²) >= 11 is 1.46. The Bertz CT molecular complexity index is 515. The van der Waals surface area contributed by atoms with E-state index < -0.39 is 11.9 Å². The van der Waals surface area contributed by atoms with Gasteiger partial charge in [-0.05, 0) is 26.2 Å². The molecule has 7 heteroatoms. The van der Waals surface area contributed by atoms with Crippen molar-refractivity contribution in [1.29, 1.82) is 0 Å². The Morgan fingerprint density at radius 3 is 2.95 bits per heavy atom. The largest absolute Gasteiger partial charge is 0.481 e. The Hall–Kier alpha value is -1.63. The van der Waals surface area contributed by atoms with Gasteiger partial charge in [0, 0.05) is 18.5 Å². The van der Waals surface area contributed by atoms with Crippen LogP contribution in [0.5, 0.6) is 0 Å². The monoisotopic (exact) mass is 297 g/mol. The van der Waals surface area contributed by atoms with Crippen molar-refractivity contribution in [3.63, 3.8) is 0 Å². The number of carbonyl (C=O) groups is 2. The molecule has 1 aliphatic carbocycles. The summed E-state index contributed by atoms with van der Waals surface area (Å²) in [6, 6.07) is 0. The van der Waals surface area contributed by atoms with E-state index in [1.807, 2.05) is 6.92 Å². The molecular weight excluding hydrogens is 278 g/mol. The molecular formula is C13H19N3O3S. The van der Waals surface area contributed by atoms with Crippen molar-refractivity contribution in [2.24, 2.45) is 0 Å². The fourth-order valence-electron chi connectivity index (χ4n) is 2.20. The lowest BCUT2D eigenvalue weighted by atomic mass is 9.91. The zero-order valence-electron chi connectivity index (χ0n) is 11.7. The molecule has 2 N–H and O–H groups in total. The average Bonchev–Trinajstić information content (AvgIpc) is 2.86. The molecule has 1 heterocycles. The third-order valence-corrected chi connectivity index (χ3v) is 4.63. The summed E-state index contributed by atoms with van der Waals surface area (Å²) < 4.78 is 0. The molecule has 20 heavy (non-hydrogen) atoms. The minimum Gasteiger partial charge on any atom is -0.481 e. The van der Waals surface area contributed by atoms with Gasteiger partial charge in [-0.15, -0.1) is 11.3 Å². The number of thiazole rings is 1. The quantitative estimate of drug-likeness (QED) is 0.861. The van der Waals surface area contributed by atoms with Crippen LogP contribution >= 0.6 is 11.3 Å². The van der Waals surface area contributed by atoms with E-state index in [2.05, 4.69) is 10.3 Å². The van der Waals surface area contributed by atoms with Crippen molar-refractivity contribution in [3.8, 4) is 0 Å². The van der Waals surface area contributed by atoms with Crippen LogP contribution in [0.2, 0.25) is 0 Å². The predicted molar refractivity (Wildman–Crippen MR) is 77.2 cm³/mol. The second-order valence-electron chi connectivity index (χ2n) is 4.87. The average molecular weight is 297 g/mol. The Balaban J connectivity index is 2.05. The molecule has 1 aliphatic rings. The van der Waals surface area contributed by atoms with Gasteiger partial charge in [-0.1, -0.05) is 0 Å². The number of rotatable bonds is 5. The van der Waals surface area contributed by atoms with E-state index in [9.17, 15) is 14.7 Å². The fraction of sp³-hybridized carbons (Fsp3) is 0.615. The molecule has 6 nitrogen and oxygen atoms in total. The number of aromatic nitrogens is 1. The fourth-order valence-corrected chi connectivity index (χ4v) is 3.26. The van der Waals surface area contributed by atoms with Crippen molar-refractivity contribution < 1.29 is 14.7 Å². The number of hydrogen-bond donors (Lipinski definition) is 2. The zero-order chi connectivity index (χ0) is 14.7. The van der Waals surface area contributed by atoms with Gasteiger partial charge >= 0.3 is 5.97 Å². The third kappa shape index (κ3) is 3.09. The van der Waals surface area contributed by atoms with Gasteiger partial charge in [-0.2, -0.15) is 0 Å². The first kappa shape index (κ1) is 14.8. The Morgan fingerprint density at radius 2 is 2.30 bits per heavy atom. The van der Waals surface area contributed by atoms with Crippen LogP contribution in [-0.4, -0.2) is 47.0 Å². The molecule has 1 aromatic rings. The molecule has 1 unspecified atom stereocenters. The summed E-state index contributed by atoms with van der Waals surface area (Å²) in [4.78, 5) is 29.9. The van der Waals surface area contributed by atoms with Crippen LogP contribution in [0.15, 0.2) is 0 Å². The van der Waals surface area contributed by atoms with Gasteiger partial charge in [0.1, 0.15) is 5.92 Å². The minimum absolute atomic E-state index is 0.00421. The number of hydrogen-bond acceptors (Lipinski definition) is 5. The van der Waals surface area contributed by atoms with Crippen LogP contribution in [0, 0.1) is 0 Å². The van der Waals surface area contributed by atoms with Gasteiger partial charge in [0.25, 0.3) is 0 Å². The number of likely N-dealkylation sites (N-methyl/N-ethyl adjacent to an activating group) is 1. The molecule has 0 aromatic carbocycles. The maximum Gasteiger partial charge on any atom is 0.312 e. The van der Waals surface area contributed by atoms with Gasteiger partial charge in [0.05, 0.1) is 12.2 Å². The lowest BCUT2D eigenvalue weighted by Gasteiger charge is -2.16. The number of nitrogens with one attached hydrogen (secondary N) is 1. The van der Waals surface area contributed by atoms with Crippen molar-refractivity contribution >= 4 is 28.3 Å². The van der Waals surface area contributed by atoms with Gasteiger partial charge in [-0.3, -0.25) is 9.59 Å². The van der Waals surface area contributed by atoms with Crippen LogP contribution in [0.4, 0.5) is 5.13 Å². The molecule has 0 aliphatic heterocycles. The molecule has 0 radical (unpaired) electrons. The van der Waals surface area contributed by atoms with Crippen molar-refractivity contribution in [2.45, 2.75) is 32.1 Å². The standard InChI is InChI=1S/C13H19N3O3S/c1-3-16(2)10(17)7-14-13-15-11-8(12(18)19)5-4-6-9(11)20-13/h8H,3-7H2,1-2H3,(H,14,15)(H,18,19). The highest BCUT2D eigenvalue weighted by Gasteiger charge is 2.30. The second-order valence-corrected chi connectivity index (χ2v) is 5.96. The van der Waals surface area contributed by atoms with E-state index in [4.69, 9.17) is 0 Å². The van der Waals surface area contributed by atoms with Crippen molar-refractivity contribution in [1.82, 2.24) is 9.88 Å². The van der Waals surface area contributed by atoms with Gasteiger partial charge < -0.3 is 15.3 Å². The van der Waals surface area contributed by atoms with E-state index in [0.29, 0.717) is 23.8 Å². The highest BCUT2D eigenvalue weighted by molar-refractivity contribution is 7.15. The third-order valence-electron chi connectivity index (χ3n) is 3.54. The molecule has 2 rings (SSSR count). The number of carboxylic acids is 1. The summed E-state index contributed by atoms with van der Waals surface area (Å²) in [7, 11) is 1.75. The SMILES string of the molecule is CCN(C)C(=O)CNc1nc2c(s1)CCCC2C(=O)O. The normalized spacial score (nSPS) is 17.4. The van der Waals surface area contributed by atoms with Crippen LogP contribution < -0.4 is 5.32 Å². The number of fused-ring (bicyclic) bond motifs is 1. The summed E-state index contributed by atoms with van der Waals surface area (Å²) in [6.07, 6.45) is 2.40. The number of nitrogens with zero attached hydrogens (tertiary/aromatic N) is 2. The van der Waals surface area contributed by atoms with E-state index in [1.54, 1.807) is 11.9 Å². The van der Waals surface area contributed by atoms with E-state index in [0.717, 1.165) is 17.7 Å². The van der Waals surface area contributed by atoms with Crippen LogP contribution in [0.1, 0.15) is 36.3 Å². The van der Waals surface area contributed by atoms with Gasteiger partial charge in [-0.25, -0.2) is 4.98 Å². The smallest absolute Gasteiger partial charge is 0.312 e. The molecule has 0 bridgehead atoms. The lowest BCUT2D eigenvalue weighted by Crippen LogP contribution is -2.31. The maximum atomic E-state index is 11.7. The van der Waals surface area contributed by atoms with Crippen molar-refractivity contribution in [3.05, 3.63) is 10.6 Å². The van der Waals surface area contributed by atoms with E-state index in [1.165, 1.54) is 11.3 Å².